The maximum absolute atomic E-state index is 11.9. The lowest BCUT2D eigenvalue weighted by atomic mass is 10.1. The van der Waals surface area contributed by atoms with Crippen LogP contribution in [0.3, 0.4) is 0 Å². The third-order valence-electron chi connectivity index (χ3n) is 2.95. The van der Waals surface area contributed by atoms with Crippen LogP contribution in [0.25, 0.3) is 0 Å². The monoisotopic (exact) mass is 288 g/mol. The highest BCUT2D eigenvalue weighted by molar-refractivity contribution is 7.80. The number of thiocarbonyl (C=S) groups is 1. The number of allylic oxidation sites excluding steroid dienone is 2. The quantitative estimate of drug-likeness (QED) is 0.595. The maximum atomic E-state index is 11.9. The van der Waals surface area contributed by atoms with Gasteiger partial charge in [-0.15, -0.1) is 0 Å². The zero-order valence-electron chi connectivity index (χ0n) is 11.1. The van der Waals surface area contributed by atoms with Crippen molar-refractivity contribution < 1.29 is 14.3 Å². The molecule has 0 aliphatic heterocycles. The number of carbonyl (C=O) groups is 1. The summed E-state index contributed by atoms with van der Waals surface area (Å²) in [5.74, 6) is 0.200. The van der Waals surface area contributed by atoms with Gasteiger partial charge in [-0.3, -0.25) is 4.79 Å². The van der Waals surface area contributed by atoms with Crippen molar-refractivity contribution in [3.05, 3.63) is 60.4 Å². The fourth-order valence-electron chi connectivity index (χ4n) is 1.91. The summed E-state index contributed by atoms with van der Waals surface area (Å²) in [4.78, 5) is 11.9. The minimum atomic E-state index is -0.407. The Morgan fingerprint density at radius 3 is 2.85 bits per heavy atom. The summed E-state index contributed by atoms with van der Waals surface area (Å²) in [7, 11) is 0. The molecular formula is C16H16O3S. The summed E-state index contributed by atoms with van der Waals surface area (Å²) in [6.07, 6.45) is 3.59. The molecule has 0 bridgehead atoms. The Hall–Kier alpha value is -1.94. The van der Waals surface area contributed by atoms with Gasteiger partial charge in [-0.25, -0.2) is 0 Å². The Labute approximate surface area is 123 Å². The maximum Gasteiger partial charge on any atom is 0.171 e. The van der Waals surface area contributed by atoms with Crippen molar-refractivity contribution in [2.75, 3.05) is 6.61 Å². The van der Waals surface area contributed by atoms with Crippen molar-refractivity contribution in [1.29, 1.82) is 0 Å². The topological polar surface area (TPSA) is 35.5 Å². The van der Waals surface area contributed by atoms with E-state index in [0.29, 0.717) is 30.4 Å². The number of hydrogen-bond acceptors (Lipinski definition) is 4. The molecule has 0 fully saturated rings. The molecule has 1 aromatic carbocycles. The smallest absolute Gasteiger partial charge is 0.171 e. The molecule has 2 rings (SSSR count). The highest BCUT2D eigenvalue weighted by atomic mass is 32.1. The van der Waals surface area contributed by atoms with E-state index < -0.39 is 5.92 Å². The van der Waals surface area contributed by atoms with Gasteiger partial charge in [-0.1, -0.05) is 43.0 Å². The van der Waals surface area contributed by atoms with Crippen LogP contribution in [0, 0.1) is 5.92 Å². The lowest BCUT2D eigenvalue weighted by molar-refractivity contribution is -0.115. The van der Waals surface area contributed by atoms with E-state index in [-0.39, 0.29) is 5.78 Å². The molecule has 4 heteroatoms. The highest BCUT2D eigenvalue weighted by Crippen LogP contribution is 2.25. The normalized spacial score (nSPS) is 17.5. The zero-order valence-corrected chi connectivity index (χ0v) is 11.9. The average molecular weight is 288 g/mol. The first-order valence-corrected chi connectivity index (χ1v) is 6.80. The van der Waals surface area contributed by atoms with E-state index in [4.69, 9.17) is 21.7 Å². The number of benzene rings is 1. The van der Waals surface area contributed by atoms with Gasteiger partial charge in [0.2, 0.25) is 0 Å². The minimum absolute atomic E-state index is 0.0536. The molecule has 20 heavy (non-hydrogen) atoms. The third-order valence-corrected chi connectivity index (χ3v) is 3.35. The summed E-state index contributed by atoms with van der Waals surface area (Å²) in [5.41, 5.74) is 1.06. The van der Waals surface area contributed by atoms with Gasteiger partial charge in [0.1, 0.15) is 19.0 Å². The van der Waals surface area contributed by atoms with E-state index in [2.05, 4.69) is 6.58 Å². The number of ketones is 1. The molecule has 0 saturated carbocycles. The summed E-state index contributed by atoms with van der Waals surface area (Å²) >= 11 is 5.11. The van der Waals surface area contributed by atoms with E-state index >= 15 is 0 Å². The molecule has 1 atom stereocenters. The van der Waals surface area contributed by atoms with Gasteiger partial charge in [0.25, 0.3) is 0 Å². The summed E-state index contributed by atoms with van der Waals surface area (Å²) < 4.78 is 10.9. The Morgan fingerprint density at radius 1 is 1.40 bits per heavy atom. The lowest BCUT2D eigenvalue weighted by Gasteiger charge is -2.12. The molecule has 1 aliphatic carbocycles. The van der Waals surface area contributed by atoms with Crippen molar-refractivity contribution in [3.8, 4) is 0 Å². The Balaban J connectivity index is 1.86. The van der Waals surface area contributed by atoms with Crippen molar-refractivity contribution in [1.82, 2.24) is 0 Å². The molecule has 0 amide bonds. The molecule has 1 aliphatic rings. The lowest BCUT2D eigenvalue weighted by Crippen LogP contribution is -2.20. The molecule has 0 aromatic heterocycles. The number of carbonyl (C=O) groups excluding carboxylic acids is 1. The largest absolute Gasteiger partial charge is 0.493 e. The molecule has 3 nitrogen and oxygen atoms in total. The molecule has 0 saturated heterocycles. The summed E-state index contributed by atoms with van der Waals surface area (Å²) in [6.45, 7) is 4.32. The van der Waals surface area contributed by atoms with Gasteiger partial charge >= 0.3 is 0 Å². The van der Waals surface area contributed by atoms with Crippen molar-refractivity contribution >= 4 is 23.1 Å². The fourth-order valence-corrected chi connectivity index (χ4v) is 2.18. The van der Waals surface area contributed by atoms with E-state index in [9.17, 15) is 4.79 Å². The van der Waals surface area contributed by atoms with Crippen LogP contribution < -0.4 is 0 Å². The van der Waals surface area contributed by atoms with Gasteiger partial charge in [0.05, 0.1) is 5.92 Å². The van der Waals surface area contributed by atoms with Gasteiger partial charge in [-0.05, 0) is 17.8 Å². The Kier molecular flexibility index (Phi) is 5.07. The van der Waals surface area contributed by atoms with Crippen molar-refractivity contribution in [2.45, 2.75) is 13.0 Å². The number of hydrogen-bond donors (Lipinski definition) is 0. The van der Waals surface area contributed by atoms with Crippen LogP contribution in [0.1, 0.15) is 12.0 Å². The van der Waals surface area contributed by atoms with Gasteiger partial charge in [-0.2, -0.15) is 0 Å². The SMILES string of the molecule is C=CCOC(=S)C1CC(OCc2ccccc2)=CC1=O. The number of ether oxygens (including phenoxy) is 2. The number of rotatable bonds is 6. The van der Waals surface area contributed by atoms with Crippen molar-refractivity contribution in [2.24, 2.45) is 5.92 Å². The van der Waals surface area contributed by atoms with Crippen molar-refractivity contribution in [3.63, 3.8) is 0 Å². The molecular weight excluding hydrogens is 272 g/mol. The van der Waals surface area contributed by atoms with Crippen LogP contribution in [0.5, 0.6) is 0 Å². The van der Waals surface area contributed by atoms with Crippen LogP contribution in [0.15, 0.2) is 54.8 Å². The van der Waals surface area contributed by atoms with Gasteiger partial charge in [0, 0.05) is 12.5 Å². The van der Waals surface area contributed by atoms with Gasteiger partial charge < -0.3 is 9.47 Å². The van der Waals surface area contributed by atoms with Crippen LogP contribution in [-0.4, -0.2) is 17.4 Å². The van der Waals surface area contributed by atoms with E-state index in [1.54, 1.807) is 6.08 Å². The highest BCUT2D eigenvalue weighted by Gasteiger charge is 2.31. The van der Waals surface area contributed by atoms with E-state index in [0.717, 1.165) is 5.56 Å². The average Bonchev–Trinajstić information content (AvgIpc) is 2.85. The molecule has 1 unspecified atom stereocenters. The van der Waals surface area contributed by atoms with E-state index in [1.807, 2.05) is 30.3 Å². The molecule has 0 N–H and O–H groups in total. The standard InChI is InChI=1S/C16H16O3S/c1-2-8-18-16(20)14-9-13(10-15(14)17)19-11-12-6-4-3-5-7-12/h2-7,10,14H,1,8-9,11H2. The molecule has 104 valence electrons. The summed E-state index contributed by atoms with van der Waals surface area (Å²) in [6, 6.07) is 9.81. The summed E-state index contributed by atoms with van der Waals surface area (Å²) in [5, 5.41) is 0.310. The predicted molar refractivity (Wildman–Crippen MR) is 81.2 cm³/mol. The third kappa shape index (κ3) is 3.78. The second-order valence-corrected chi connectivity index (χ2v) is 4.87. The van der Waals surface area contributed by atoms with Crippen LogP contribution >= 0.6 is 12.2 Å². The first-order valence-electron chi connectivity index (χ1n) is 6.39. The van der Waals surface area contributed by atoms with Crippen LogP contribution in [0.4, 0.5) is 0 Å². The van der Waals surface area contributed by atoms with E-state index in [1.165, 1.54) is 6.08 Å². The molecule has 0 spiro atoms. The molecule has 1 aromatic rings. The van der Waals surface area contributed by atoms with Gasteiger partial charge in [0.15, 0.2) is 10.8 Å². The fraction of sp³-hybridized carbons (Fsp3) is 0.250. The second-order valence-electron chi connectivity index (χ2n) is 4.46. The van der Waals surface area contributed by atoms with Crippen LogP contribution in [-0.2, 0) is 20.9 Å². The minimum Gasteiger partial charge on any atom is -0.493 e. The molecule has 0 radical (unpaired) electrons. The first kappa shape index (κ1) is 14.5. The molecule has 0 heterocycles. The Bertz CT molecular complexity index is 534. The zero-order chi connectivity index (χ0) is 14.4. The first-order chi connectivity index (χ1) is 9.70. The predicted octanol–water partition coefficient (Wildman–Crippen LogP) is 3.21. The second kappa shape index (κ2) is 7.01. The van der Waals surface area contributed by atoms with Crippen LogP contribution in [0.2, 0.25) is 0 Å². The Morgan fingerprint density at radius 2 is 2.15 bits per heavy atom.